The summed E-state index contributed by atoms with van der Waals surface area (Å²) < 4.78 is 26.7. The highest BCUT2D eigenvalue weighted by atomic mass is 35.5. The van der Waals surface area contributed by atoms with Crippen molar-refractivity contribution < 1.29 is 8.42 Å². The summed E-state index contributed by atoms with van der Waals surface area (Å²) in [6.45, 7) is 5.26. The SMILES string of the molecule is Cc1cccc(S(=O)(=O)N2CCC(C)(CN)C2)c1Cl.Cl. The molecule has 0 amide bonds. The molecule has 0 aromatic heterocycles. The molecule has 20 heavy (non-hydrogen) atoms. The first-order valence-corrected chi connectivity index (χ1v) is 8.07. The van der Waals surface area contributed by atoms with Gasteiger partial charge in [0.05, 0.1) is 5.02 Å². The van der Waals surface area contributed by atoms with Crippen LogP contribution in [0.4, 0.5) is 0 Å². The maximum absolute atomic E-state index is 12.6. The van der Waals surface area contributed by atoms with E-state index in [0.717, 1.165) is 12.0 Å². The lowest BCUT2D eigenvalue weighted by atomic mass is 9.90. The molecule has 4 nitrogen and oxygen atoms in total. The van der Waals surface area contributed by atoms with Crippen molar-refractivity contribution >= 4 is 34.0 Å². The van der Waals surface area contributed by atoms with E-state index < -0.39 is 10.0 Å². The van der Waals surface area contributed by atoms with Gasteiger partial charge in [-0.05, 0) is 36.9 Å². The molecule has 1 aliphatic rings. The normalized spacial score (nSPS) is 23.6. The number of nitrogens with two attached hydrogens (primary N) is 1. The summed E-state index contributed by atoms with van der Waals surface area (Å²) in [7, 11) is -3.53. The van der Waals surface area contributed by atoms with E-state index >= 15 is 0 Å². The zero-order chi connectivity index (χ0) is 14.3. The summed E-state index contributed by atoms with van der Waals surface area (Å²) in [5, 5.41) is 0.309. The average Bonchev–Trinajstić information content (AvgIpc) is 2.77. The van der Waals surface area contributed by atoms with Gasteiger partial charge in [0.2, 0.25) is 10.0 Å². The first kappa shape index (κ1) is 17.7. The van der Waals surface area contributed by atoms with E-state index in [1.165, 1.54) is 4.31 Å². The van der Waals surface area contributed by atoms with Gasteiger partial charge >= 0.3 is 0 Å². The van der Waals surface area contributed by atoms with E-state index in [4.69, 9.17) is 17.3 Å². The van der Waals surface area contributed by atoms with Crippen LogP contribution in [0.5, 0.6) is 0 Å². The van der Waals surface area contributed by atoms with Gasteiger partial charge in [0.25, 0.3) is 0 Å². The van der Waals surface area contributed by atoms with Gasteiger partial charge in [-0.25, -0.2) is 8.42 Å². The van der Waals surface area contributed by atoms with Gasteiger partial charge in [-0.15, -0.1) is 12.4 Å². The average molecular weight is 339 g/mol. The Morgan fingerprint density at radius 1 is 1.45 bits per heavy atom. The Morgan fingerprint density at radius 2 is 2.10 bits per heavy atom. The predicted molar refractivity (Wildman–Crippen MR) is 84.0 cm³/mol. The monoisotopic (exact) mass is 338 g/mol. The van der Waals surface area contributed by atoms with Crippen LogP contribution in [0.25, 0.3) is 0 Å². The van der Waals surface area contributed by atoms with E-state index in [2.05, 4.69) is 0 Å². The number of rotatable bonds is 3. The van der Waals surface area contributed by atoms with Gasteiger partial charge in [0, 0.05) is 13.1 Å². The fourth-order valence-corrected chi connectivity index (χ4v) is 4.46. The molecule has 1 aliphatic heterocycles. The van der Waals surface area contributed by atoms with Gasteiger partial charge < -0.3 is 5.73 Å². The molecular weight excluding hydrogens is 319 g/mol. The lowest BCUT2D eigenvalue weighted by molar-refractivity contribution is 0.349. The van der Waals surface area contributed by atoms with E-state index in [9.17, 15) is 8.42 Å². The Labute approximate surface area is 131 Å². The molecule has 1 aromatic rings. The van der Waals surface area contributed by atoms with Crippen molar-refractivity contribution in [3.05, 3.63) is 28.8 Å². The van der Waals surface area contributed by atoms with Crippen LogP contribution in [0.1, 0.15) is 18.9 Å². The van der Waals surface area contributed by atoms with Crippen molar-refractivity contribution in [3.63, 3.8) is 0 Å². The smallest absolute Gasteiger partial charge is 0.244 e. The minimum atomic E-state index is -3.53. The summed E-state index contributed by atoms with van der Waals surface area (Å²) in [5.41, 5.74) is 6.35. The van der Waals surface area contributed by atoms with Crippen LogP contribution < -0.4 is 5.73 Å². The highest BCUT2D eigenvalue weighted by Gasteiger charge is 2.39. The molecule has 2 N–H and O–H groups in total. The lowest BCUT2D eigenvalue weighted by Gasteiger charge is -2.22. The molecule has 1 unspecified atom stereocenters. The zero-order valence-corrected chi connectivity index (χ0v) is 14.0. The second-order valence-corrected chi connectivity index (χ2v) is 7.77. The number of benzene rings is 1. The first-order valence-electron chi connectivity index (χ1n) is 6.25. The van der Waals surface area contributed by atoms with Crippen molar-refractivity contribution in [1.82, 2.24) is 4.31 Å². The molecule has 1 heterocycles. The third-order valence-corrected chi connectivity index (χ3v) is 6.29. The highest BCUT2D eigenvalue weighted by Crippen LogP contribution is 2.35. The minimum absolute atomic E-state index is 0. The first-order chi connectivity index (χ1) is 8.80. The van der Waals surface area contributed by atoms with Crippen LogP contribution in [0.15, 0.2) is 23.1 Å². The van der Waals surface area contributed by atoms with Crippen LogP contribution in [-0.2, 0) is 10.0 Å². The Balaban J connectivity index is 0.00000200. The number of aryl methyl sites for hydroxylation is 1. The van der Waals surface area contributed by atoms with Crippen LogP contribution in [-0.4, -0.2) is 32.4 Å². The molecule has 0 aliphatic carbocycles. The van der Waals surface area contributed by atoms with Crippen molar-refractivity contribution in [2.45, 2.75) is 25.2 Å². The second-order valence-electron chi connectivity index (χ2n) is 5.49. The Bertz CT molecular complexity index is 592. The second kappa shape index (κ2) is 6.20. The minimum Gasteiger partial charge on any atom is -0.330 e. The molecule has 2 rings (SSSR count). The summed E-state index contributed by atoms with van der Waals surface area (Å²) >= 11 is 6.13. The quantitative estimate of drug-likeness (QED) is 0.920. The van der Waals surface area contributed by atoms with Gasteiger partial charge in [-0.2, -0.15) is 4.31 Å². The molecule has 1 aromatic carbocycles. The van der Waals surface area contributed by atoms with E-state index in [1.807, 2.05) is 6.92 Å². The highest BCUT2D eigenvalue weighted by molar-refractivity contribution is 7.89. The van der Waals surface area contributed by atoms with Crippen molar-refractivity contribution in [1.29, 1.82) is 0 Å². The number of sulfonamides is 1. The maximum Gasteiger partial charge on any atom is 0.244 e. The predicted octanol–water partition coefficient (Wildman–Crippen LogP) is 2.43. The summed E-state index contributed by atoms with van der Waals surface area (Å²) in [6, 6.07) is 5.07. The molecule has 0 spiro atoms. The van der Waals surface area contributed by atoms with Gasteiger partial charge in [-0.1, -0.05) is 30.7 Å². The molecule has 0 radical (unpaired) electrons. The van der Waals surface area contributed by atoms with Crippen molar-refractivity contribution in [2.75, 3.05) is 19.6 Å². The third kappa shape index (κ3) is 3.12. The van der Waals surface area contributed by atoms with Gasteiger partial charge in [-0.3, -0.25) is 0 Å². The Hall–Kier alpha value is -0.330. The van der Waals surface area contributed by atoms with E-state index in [0.29, 0.717) is 24.7 Å². The topological polar surface area (TPSA) is 63.4 Å². The molecule has 1 saturated heterocycles. The third-order valence-electron chi connectivity index (χ3n) is 3.79. The number of halogens is 2. The standard InChI is InChI=1S/C13H19ClN2O2S.ClH/c1-10-4-3-5-11(12(10)14)19(17,18)16-7-6-13(2,8-15)9-16;/h3-5H,6-9,15H2,1-2H3;1H. The summed E-state index contributed by atoms with van der Waals surface area (Å²) in [6.07, 6.45) is 0.784. The molecule has 7 heteroatoms. The van der Waals surface area contributed by atoms with Crippen LogP contribution in [0.3, 0.4) is 0 Å². The van der Waals surface area contributed by atoms with Gasteiger partial charge in [0.15, 0.2) is 0 Å². The molecule has 0 bridgehead atoms. The van der Waals surface area contributed by atoms with E-state index in [-0.39, 0.29) is 22.7 Å². The van der Waals surface area contributed by atoms with Crippen LogP contribution in [0.2, 0.25) is 5.02 Å². The number of hydrogen-bond acceptors (Lipinski definition) is 3. The van der Waals surface area contributed by atoms with Crippen LogP contribution >= 0.6 is 24.0 Å². The largest absolute Gasteiger partial charge is 0.330 e. The Morgan fingerprint density at radius 3 is 2.65 bits per heavy atom. The van der Waals surface area contributed by atoms with Crippen molar-refractivity contribution in [3.8, 4) is 0 Å². The number of hydrogen-bond donors (Lipinski definition) is 1. The molecule has 1 atom stereocenters. The maximum atomic E-state index is 12.6. The fourth-order valence-electron chi connectivity index (χ4n) is 2.31. The molecular formula is C13H20Cl2N2O2S. The van der Waals surface area contributed by atoms with E-state index in [1.54, 1.807) is 25.1 Å². The van der Waals surface area contributed by atoms with Crippen LogP contribution in [0, 0.1) is 12.3 Å². The summed E-state index contributed by atoms with van der Waals surface area (Å²) in [5.74, 6) is 0. The number of nitrogens with zero attached hydrogens (tertiary/aromatic N) is 1. The molecule has 114 valence electrons. The van der Waals surface area contributed by atoms with Gasteiger partial charge in [0.1, 0.15) is 4.90 Å². The Kier molecular flexibility index (Phi) is 5.49. The fraction of sp³-hybridized carbons (Fsp3) is 0.538. The lowest BCUT2D eigenvalue weighted by Crippen LogP contribution is -2.34. The van der Waals surface area contributed by atoms with Crippen molar-refractivity contribution in [2.24, 2.45) is 11.1 Å². The zero-order valence-electron chi connectivity index (χ0n) is 11.6. The summed E-state index contributed by atoms with van der Waals surface area (Å²) in [4.78, 5) is 0.190. The molecule has 1 fully saturated rings. The molecule has 0 saturated carbocycles.